The molecule has 0 radical (unpaired) electrons. The zero-order valence-corrected chi connectivity index (χ0v) is 14.1. The number of carbonyl (C=O) groups is 1. The fourth-order valence-corrected chi connectivity index (χ4v) is 4.85. The van der Waals surface area contributed by atoms with Gasteiger partial charge in [0.05, 0.1) is 11.4 Å². The van der Waals surface area contributed by atoms with E-state index in [0.717, 1.165) is 17.7 Å². The molecule has 1 amide bonds. The van der Waals surface area contributed by atoms with Crippen LogP contribution in [0.15, 0.2) is 23.6 Å². The second kappa shape index (κ2) is 6.75. The van der Waals surface area contributed by atoms with Crippen molar-refractivity contribution in [1.82, 2.24) is 4.90 Å². The molecular formula is C17H21NOS2. The van der Waals surface area contributed by atoms with Gasteiger partial charge in [-0.15, -0.1) is 22.7 Å². The van der Waals surface area contributed by atoms with Gasteiger partial charge < -0.3 is 4.90 Å². The van der Waals surface area contributed by atoms with Crippen LogP contribution in [0.1, 0.15) is 50.7 Å². The minimum absolute atomic E-state index is 0.167. The van der Waals surface area contributed by atoms with Crippen molar-refractivity contribution in [3.05, 3.63) is 43.8 Å². The summed E-state index contributed by atoms with van der Waals surface area (Å²) in [5.74, 6) is 0.167. The number of amides is 1. The Kier molecular flexibility index (Phi) is 4.76. The number of nitrogens with zero attached hydrogens (tertiary/aromatic N) is 1. The number of hydrogen-bond acceptors (Lipinski definition) is 3. The molecular weight excluding hydrogens is 298 g/mol. The van der Waals surface area contributed by atoms with Gasteiger partial charge in [-0.3, -0.25) is 4.79 Å². The van der Waals surface area contributed by atoms with Gasteiger partial charge in [-0.05, 0) is 48.8 Å². The van der Waals surface area contributed by atoms with Crippen molar-refractivity contribution < 1.29 is 4.79 Å². The topological polar surface area (TPSA) is 20.3 Å². The van der Waals surface area contributed by atoms with Crippen molar-refractivity contribution in [3.8, 4) is 0 Å². The van der Waals surface area contributed by atoms with Crippen molar-refractivity contribution >= 4 is 28.6 Å². The third-order valence-electron chi connectivity index (χ3n) is 4.03. The maximum Gasteiger partial charge on any atom is 0.264 e. The number of hydrogen-bond donors (Lipinski definition) is 0. The molecule has 1 aliphatic carbocycles. The lowest BCUT2D eigenvalue weighted by molar-refractivity contribution is 0.0791. The van der Waals surface area contributed by atoms with E-state index in [1.54, 1.807) is 22.7 Å². The molecule has 2 heterocycles. The van der Waals surface area contributed by atoms with Crippen LogP contribution >= 0.6 is 22.7 Å². The largest absolute Gasteiger partial charge is 0.336 e. The zero-order chi connectivity index (χ0) is 14.7. The Bertz CT molecular complexity index is 575. The van der Waals surface area contributed by atoms with Crippen LogP contribution in [-0.4, -0.2) is 17.9 Å². The highest BCUT2D eigenvalue weighted by Gasteiger charge is 2.18. The van der Waals surface area contributed by atoms with Gasteiger partial charge in [-0.2, -0.15) is 0 Å². The van der Waals surface area contributed by atoms with Crippen molar-refractivity contribution in [3.63, 3.8) is 0 Å². The standard InChI is InChI=1S/C17H21NOS2/c1-18(12-14-8-6-10-20-14)17(19)16-11-13-7-4-2-3-5-9-15(13)21-16/h6,8,10-11H,2-5,7,9,12H2,1H3. The summed E-state index contributed by atoms with van der Waals surface area (Å²) in [6.07, 6.45) is 7.50. The molecule has 0 saturated heterocycles. The second-order valence-electron chi connectivity index (χ2n) is 5.71. The van der Waals surface area contributed by atoms with Gasteiger partial charge >= 0.3 is 0 Å². The highest BCUT2D eigenvalue weighted by atomic mass is 32.1. The third kappa shape index (κ3) is 3.55. The van der Waals surface area contributed by atoms with Crippen molar-refractivity contribution in [2.45, 2.75) is 45.1 Å². The first-order valence-electron chi connectivity index (χ1n) is 7.63. The van der Waals surface area contributed by atoms with Gasteiger partial charge in [0.1, 0.15) is 0 Å². The maximum absolute atomic E-state index is 12.6. The third-order valence-corrected chi connectivity index (χ3v) is 6.11. The van der Waals surface area contributed by atoms with Crippen molar-refractivity contribution in [1.29, 1.82) is 0 Å². The maximum atomic E-state index is 12.6. The molecule has 2 nitrogen and oxygen atoms in total. The van der Waals surface area contributed by atoms with Gasteiger partial charge in [0.2, 0.25) is 0 Å². The van der Waals surface area contributed by atoms with E-state index >= 15 is 0 Å². The van der Waals surface area contributed by atoms with Gasteiger partial charge in [-0.25, -0.2) is 0 Å². The monoisotopic (exact) mass is 319 g/mol. The van der Waals surface area contributed by atoms with Gasteiger partial charge in [-0.1, -0.05) is 18.9 Å². The van der Waals surface area contributed by atoms with E-state index in [4.69, 9.17) is 0 Å². The van der Waals surface area contributed by atoms with E-state index in [2.05, 4.69) is 17.5 Å². The summed E-state index contributed by atoms with van der Waals surface area (Å²) in [5, 5.41) is 2.06. The molecule has 0 N–H and O–H groups in total. The van der Waals surface area contributed by atoms with Crippen LogP contribution in [-0.2, 0) is 19.4 Å². The quantitative estimate of drug-likeness (QED) is 0.800. The molecule has 0 unspecified atom stereocenters. The normalized spacial score (nSPS) is 15.1. The Morgan fingerprint density at radius 3 is 2.81 bits per heavy atom. The summed E-state index contributed by atoms with van der Waals surface area (Å²) in [7, 11) is 1.90. The molecule has 2 aromatic heterocycles. The van der Waals surface area contributed by atoms with Crippen molar-refractivity contribution in [2.75, 3.05) is 7.05 Å². The molecule has 0 fully saturated rings. The van der Waals surface area contributed by atoms with E-state index in [9.17, 15) is 4.79 Å². The highest BCUT2D eigenvalue weighted by molar-refractivity contribution is 7.14. The summed E-state index contributed by atoms with van der Waals surface area (Å²) >= 11 is 3.43. The van der Waals surface area contributed by atoms with Gasteiger partial charge in [0.15, 0.2) is 0 Å². The molecule has 0 spiro atoms. The van der Waals surface area contributed by atoms with E-state index in [1.807, 2.05) is 18.0 Å². The Morgan fingerprint density at radius 2 is 2.05 bits per heavy atom. The van der Waals surface area contributed by atoms with E-state index < -0.39 is 0 Å². The Labute approximate surface area is 134 Å². The molecule has 0 saturated carbocycles. The van der Waals surface area contributed by atoms with Gasteiger partial charge in [0, 0.05) is 16.8 Å². The molecule has 3 rings (SSSR count). The molecule has 0 aliphatic heterocycles. The molecule has 4 heteroatoms. The minimum atomic E-state index is 0.167. The first kappa shape index (κ1) is 14.8. The Morgan fingerprint density at radius 1 is 1.24 bits per heavy atom. The minimum Gasteiger partial charge on any atom is -0.336 e. The molecule has 0 aromatic carbocycles. The first-order valence-corrected chi connectivity index (χ1v) is 9.33. The van der Waals surface area contributed by atoms with Crippen LogP contribution in [0.3, 0.4) is 0 Å². The fraction of sp³-hybridized carbons (Fsp3) is 0.471. The molecule has 2 aromatic rings. The van der Waals surface area contributed by atoms with E-state index in [0.29, 0.717) is 6.54 Å². The van der Waals surface area contributed by atoms with E-state index in [1.165, 1.54) is 41.0 Å². The summed E-state index contributed by atoms with van der Waals surface area (Å²) in [4.78, 5) is 18.0. The van der Waals surface area contributed by atoms with Crippen molar-refractivity contribution in [2.24, 2.45) is 0 Å². The number of rotatable bonds is 3. The molecule has 112 valence electrons. The molecule has 1 aliphatic rings. The summed E-state index contributed by atoms with van der Waals surface area (Å²) < 4.78 is 0. The molecule has 21 heavy (non-hydrogen) atoms. The zero-order valence-electron chi connectivity index (χ0n) is 12.4. The van der Waals surface area contributed by atoms with Crippen LogP contribution in [0.2, 0.25) is 0 Å². The summed E-state index contributed by atoms with van der Waals surface area (Å²) in [6.45, 7) is 0.707. The number of carbonyl (C=O) groups excluding carboxylic acids is 1. The molecule has 0 bridgehead atoms. The van der Waals surface area contributed by atoms with Crippen LogP contribution in [0.25, 0.3) is 0 Å². The number of fused-ring (bicyclic) bond motifs is 1. The first-order chi connectivity index (χ1) is 10.2. The lowest BCUT2D eigenvalue weighted by Crippen LogP contribution is -2.24. The van der Waals surface area contributed by atoms with Gasteiger partial charge in [0.25, 0.3) is 5.91 Å². The average molecular weight is 319 g/mol. The van der Waals surface area contributed by atoms with Crippen LogP contribution < -0.4 is 0 Å². The fourth-order valence-electron chi connectivity index (χ4n) is 2.85. The second-order valence-corrected chi connectivity index (χ2v) is 7.88. The average Bonchev–Trinajstić information content (AvgIpc) is 3.08. The summed E-state index contributed by atoms with van der Waals surface area (Å²) in [5.41, 5.74) is 1.42. The Balaban J connectivity index is 1.73. The predicted molar refractivity (Wildman–Crippen MR) is 90.3 cm³/mol. The summed E-state index contributed by atoms with van der Waals surface area (Å²) in [6, 6.07) is 6.27. The smallest absolute Gasteiger partial charge is 0.264 e. The van der Waals surface area contributed by atoms with Crippen LogP contribution in [0.4, 0.5) is 0 Å². The number of aryl methyl sites for hydroxylation is 2. The lowest BCUT2D eigenvalue weighted by Gasteiger charge is -2.14. The lowest BCUT2D eigenvalue weighted by atomic mass is 10.00. The number of thiophene rings is 2. The van der Waals surface area contributed by atoms with Crippen LogP contribution in [0.5, 0.6) is 0 Å². The Hall–Kier alpha value is -1.13. The molecule has 0 atom stereocenters. The van der Waals surface area contributed by atoms with Crippen LogP contribution in [0, 0.1) is 0 Å². The SMILES string of the molecule is CN(Cc1cccs1)C(=O)c1cc2c(s1)CCCCCC2. The highest BCUT2D eigenvalue weighted by Crippen LogP contribution is 2.29. The predicted octanol–water partition coefficient (Wildman–Crippen LogP) is 4.74. The van der Waals surface area contributed by atoms with E-state index in [-0.39, 0.29) is 5.91 Å².